The van der Waals surface area contributed by atoms with Crippen LogP contribution in [0, 0.1) is 0 Å². The number of hydrogen-bond donors (Lipinski definition) is 0. The van der Waals surface area contributed by atoms with Gasteiger partial charge in [0.1, 0.15) is 0 Å². The van der Waals surface area contributed by atoms with Crippen LogP contribution in [0.2, 0.25) is 0 Å². The molecule has 0 aliphatic carbocycles. The van der Waals surface area contributed by atoms with Crippen molar-refractivity contribution in [3.8, 4) is 51.0 Å². The van der Waals surface area contributed by atoms with Crippen LogP contribution in [0.5, 0.6) is 0 Å². The zero-order valence-corrected chi connectivity index (χ0v) is 27.7. The summed E-state index contributed by atoms with van der Waals surface area (Å²) in [6, 6.07) is 59.7. The van der Waals surface area contributed by atoms with E-state index in [1.165, 1.54) is 47.6 Å². The van der Waals surface area contributed by atoms with E-state index in [2.05, 4.69) is 114 Å². The molecule has 4 nitrogen and oxygen atoms in total. The Morgan fingerprint density at radius 1 is 0.380 bits per heavy atom. The Morgan fingerprint density at radius 3 is 1.66 bits per heavy atom. The molecule has 0 amide bonds. The molecule has 0 aliphatic heterocycles. The minimum atomic E-state index is 0.638. The number of thiophene rings is 1. The maximum absolute atomic E-state index is 5.04. The van der Waals surface area contributed by atoms with Crippen molar-refractivity contribution in [3.63, 3.8) is 0 Å². The first-order valence-corrected chi connectivity index (χ1v) is 17.5. The summed E-state index contributed by atoms with van der Waals surface area (Å²) in [6.45, 7) is 0. The molecule has 0 atom stereocenters. The largest absolute Gasteiger partial charge is 0.308 e. The van der Waals surface area contributed by atoms with E-state index in [0.29, 0.717) is 17.5 Å². The predicted octanol–water partition coefficient (Wildman–Crippen LogP) is 12.0. The minimum absolute atomic E-state index is 0.638. The summed E-state index contributed by atoms with van der Waals surface area (Å²) in [7, 11) is 0. The highest BCUT2D eigenvalue weighted by molar-refractivity contribution is 7.26. The van der Waals surface area contributed by atoms with Crippen LogP contribution in [0.15, 0.2) is 170 Å². The molecule has 5 heteroatoms. The molecule has 0 saturated heterocycles. The average Bonchev–Trinajstić information content (AvgIpc) is 3.74. The number of rotatable bonds is 5. The number of hydrogen-bond acceptors (Lipinski definition) is 4. The molecular formula is C45H28N4S. The third-order valence-electron chi connectivity index (χ3n) is 9.44. The molecule has 0 unspecified atom stereocenters. The van der Waals surface area contributed by atoms with Gasteiger partial charge in [-0.15, -0.1) is 11.3 Å². The fourth-order valence-corrected chi connectivity index (χ4v) is 8.32. The summed E-state index contributed by atoms with van der Waals surface area (Å²) in [5.74, 6) is 1.94. The van der Waals surface area contributed by atoms with Gasteiger partial charge in [0.05, 0.1) is 15.7 Å². The topological polar surface area (TPSA) is 43.6 Å². The molecule has 0 saturated carbocycles. The van der Waals surface area contributed by atoms with Crippen LogP contribution in [-0.4, -0.2) is 19.5 Å². The maximum Gasteiger partial charge on any atom is 0.164 e. The molecular weight excluding hydrogens is 629 g/mol. The van der Waals surface area contributed by atoms with E-state index in [-0.39, 0.29) is 0 Å². The highest BCUT2D eigenvalue weighted by atomic mass is 32.1. The van der Waals surface area contributed by atoms with Crippen molar-refractivity contribution in [2.45, 2.75) is 0 Å². The Morgan fingerprint density at radius 2 is 0.960 bits per heavy atom. The van der Waals surface area contributed by atoms with E-state index in [1.54, 1.807) is 0 Å². The van der Waals surface area contributed by atoms with E-state index >= 15 is 0 Å². The number of aromatic nitrogens is 4. The third kappa shape index (κ3) is 4.71. The SMILES string of the molecule is c1ccc(-c2ccc3c(c2)c2ccc4c5ccccc5sc4c2n3-c2cccc(-c3nc(-c4ccccc4)nc(-c4ccccc4)n3)c2)cc1. The molecule has 0 radical (unpaired) electrons. The molecule has 10 rings (SSSR count). The second-order valence-corrected chi connectivity index (χ2v) is 13.5. The zero-order chi connectivity index (χ0) is 33.0. The van der Waals surface area contributed by atoms with Crippen LogP contribution in [-0.2, 0) is 0 Å². The molecule has 50 heavy (non-hydrogen) atoms. The van der Waals surface area contributed by atoms with E-state index in [9.17, 15) is 0 Å². The van der Waals surface area contributed by atoms with Crippen molar-refractivity contribution in [2.75, 3.05) is 0 Å². The Labute approximate surface area is 292 Å². The van der Waals surface area contributed by atoms with Crippen LogP contribution >= 0.6 is 11.3 Å². The first-order chi connectivity index (χ1) is 24.8. The van der Waals surface area contributed by atoms with Gasteiger partial charge in [-0.25, -0.2) is 15.0 Å². The summed E-state index contributed by atoms with van der Waals surface area (Å²) < 4.78 is 5.00. The van der Waals surface area contributed by atoms with E-state index < -0.39 is 0 Å². The third-order valence-corrected chi connectivity index (χ3v) is 10.6. The van der Waals surface area contributed by atoms with Crippen molar-refractivity contribution in [1.82, 2.24) is 19.5 Å². The fraction of sp³-hybridized carbons (Fsp3) is 0. The van der Waals surface area contributed by atoms with E-state index in [4.69, 9.17) is 15.0 Å². The summed E-state index contributed by atoms with van der Waals surface area (Å²) in [5.41, 5.74) is 8.68. The zero-order valence-electron chi connectivity index (χ0n) is 26.9. The molecule has 234 valence electrons. The Bertz CT molecular complexity index is 2800. The Balaban J connectivity index is 1.23. The smallest absolute Gasteiger partial charge is 0.164 e. The minimum Gasteiger partial charge on any atom is -0.308 e. The second-order valence-electron chi connectivity index (χ2n) is 12.5. The van der Waals surface area contributed by atoms with Crippen molar-refractivity contribution in [2.24, 2.45) is 0 Å². The normalized spacial score (nSPS) is 11.6. The highest BCUT2D eigenvalue weighted by Gasteiger charge is 2.20. The van der Waals surface area contributed by atoms with E-state index in [1.807, 2.05) is 72.0 Å². The van der Waals surface area contributed by atoms with Gasteiger partial charge in [0.15, 0.2) is 17.5 Å². The van der Waals surface area contributed by atoms with Crippen LogP contribution in [0.25, 0.3) is 93.0 Å². The lowest BCUT2D eigenvalue weighted by Crippen LogP contribution is -2.01. The van der Waals surface area contributed by atoms with Crippen LogP contribution < -0.4 is 0 Å². The maximum atomic E-state index is 5.04. The van der Waals surface area contributed by atoms with Gasteiger partial charge in [-0.2, -0.15) is 0 Å². The summed E-state index contributed by atoms with van der Waals surface area (Å²) in [5, 5.41) is 5.03. The van der Waals surface area contributed by atoms with Crippen LogP contribution in [0.4, 0.5) is 0 Å². The van der Waals surface area contributed by atoms with Gasteiger partial charge in [-0.1, -0.05) is 140 Å². The number of fused-ring (bicyclic) bond motifs is 7. The molecule has 7 aromatic carbocycles. The van der Waals surface area contributed by atoms with Gasteiger partial charge in [-0.05, 0) is 41.5 Å². The predicted molar refractivity (Wildman–Crippen MR) is 209 cm³/mol. The van der Waals surface area contributed by atoms with Gasteiger partial charge in [0.2, 0.25) is 0 Å². The molecule has 0 spiro atoms. The molecule has 3 aromatic heterocycles. The van der Waals surface area contributed by atoms with Crippen LogP contribution in [0.1, 0.15) is 0 Å². The lowest BCUT2D eigenvalue weighted by atomic mass is 10.0. The molecule has 0 N–H and O–H groups in total. The Kier molecular flexibility index (Phi) is 6.64. The van der Waals surface area contributed by atoms with Crippen molar-refractivity contribution < 1.29 is 0 Å². The molecule has 0 fully saturated rings. The van der Waals surface area contributed by atoms with Gasteiger partial charge in [0.25, 0.3) is 0 Å². The summed E-state index contributed by atoms with van der Waals surface area (Å²) in [4.78, 5) is 15.0. The first kappa shape index (κ1) is 28.6. The monoisotopic (exact) mass is 656 g/mol. The fourth-order valence-electron chi connectivity index (χ4n) is 7.08. The van der Waals surface area contributed by atoms with Crippen LogP contribution in [0.3, 0.4) is 0 Å². The van der Waals surface area contributed by atoms with Gasteiger partial charge >= 0.3 is 0 Å². The number of nitrogens with zero attached hydrogens (tertiary/aromatic N) is 4. The molecule has 0 bridgehead atoms. The van der Waals surface area contributed by atoms with Gasteiger partial charge < -0.3 is 4.57 Å². The highest BCUT2D eigenvalue weighted by Crippen LogP contribution is 2.44. The number of benzene rings is 7. The first-order valence-electron chi connectivity index (χ1n) is 16.7. The average molecular weight is 657 g/mol. The van der Waals surface area contributed by atoms with Gasteiger partial charge in [0, 0.05) is 48.6 Å². The summed E-state index contributed by atoms with van der Waals surface area (Å²) >= 11 is 1.86. The van der Waals surface area contributed by atoms with E-state index in [0.717, 1.165) is 27.9 Å². The molecule has 10 aromatic rings. The van der Waals surface area contributed by atoms with Crippen molar-refractivity contribution in [1.29, 1.82) is 0 Å². The molecule has 0 aliphatic rings. The standard InChI is InChI=1S/C45H28N4S/c1-4-13-29(14-5-1)32-23-26-39-38(28-32)36-24-25-37-35-21-10-11-22-40(35)50-42(37)41(36)49(39)34-20-12-19-33(27-34)45-47-43(30-15-6-2-7-16-30)46-44(48-45)31-17-8-3-9-18-31/h1-28H. The Hall–Kier alpha value is -6.43. The second kappa shape index (κ2) is 11.6. The van der Waals surface area contributed by atoms with Crippen molar-refractivity contribution in [3.05, 3.63) is 170 Å². The lowest BCUT2D eigenvalue weighted by Gasteiger charge is -2.12. The quantitative estimate of drug-likeness (QED) is 0.185. The molecule has 3 heterocycles. The summed E-state index contributed by atoms with van der Waals surface area (Å²) in [6.07, 6.45) is 0. The van der Waals surface area contributed by atoms with Gasteiger partial charge in [-0.3, -0.25) is 0 Å². The lowest BCUT2D eigenvalue weighted by molar-refractivity contribution is 1.07. The van der Waals surface area contributed by atoms with Crippen molar-refractivity contribution >= 4 is 53.3 Å².